The molecule has 1 aliphatic carbocycles. The molecule has 0 bridgehead atoms. The summed E-state index contributed by atoms with van der Waals surface area (Å²) >= 11 is 0. The average molecular weight is 330 g/mol. The number of fused-ring (bicyclic) bond motifs is 1. The summed E-state index contributed by atoms with van der Waals surface area (Å²) in [6.45, 7) is 1.13. The van der Waals surface area contributed by atoms with Crippen molar-refractivity contribution in [3.05, 3.63) is 23.8 Å². The molecule has 2 aliphatic rings. The first kappa shape index (κ1) is 17.1. The van der Waals surface area contributed by atoms with Crippen LogP contribution in [-0.2, 0) is 0 Å². The van der Waals surface area contributed by atoms with Crippen LogP contribution in [-0.4, -0.2) is 42.9 Å². The van der Waals surface area contributed by atoms with Crippen molar-refractivity contribution in [3.63, 3.8) is 0 Å². The van der Waals surface area contributed by atoms with Gasteiger partial charge in [0.2, 0.25) is 0 Å². The van der Waals surface area contributed by atoms with E-state index in [4.69, 9.17) is 9.47 Å². The van der Waals surface area contributed by atoms with Gasteiger partial charge >= 0.3 is 0 Å². The Bertz CT molecular complexity index is 628. The van der Waals surface area contributed by atoms with E-state index in [1.165, 1.54) is 0 Å². The van der Waals surface area contributed by atoms with E-state index in [0.29, 0.717) is 18.0 Å². The summed E-state index contributed by atoms with van der Waals surface area (Å²) in [6, 6.07) is 8.27. The number of aliphatic hydroxyl groups is 1. The van der Waals surface area contributed by atoms with Crippen molar-refractivity contribution < 1.29 is 14.6 Å². The van der Waals surface area contributed by atoms with Crippen LogP contribution in [0.1, 0.15) is 43.7 Å². The van der Waals surface area contributed by atoms with E-state index in [1.807, 2.05) is 18.2 Å². The van der Waals surface area contributed by atoms with Gasteiger partial charge in [-0.15, -0.1) is 0 Å². The van der Waals surface area contributed by atoms with E-state index in [9.17, 15) is 10.4 Å². The Morgan fingerprint density at radius 1 is 1.25 bits per heavy atom. The Balaban J connectivity index is 2.00. The molecule has 5 nitrogen and oxygen atoms in total. The molecule has 1 aromatic rings. The number of likely N-dealkylation sites (tertiary alicyclic amines) is 1. The highest BCUT2D eigenvalue weighted by Crippen LogP contribution is 2.49. The summed E-state index contributed by atoms with van der Waals surface area (Å²) in [5.74, 6) is 1.55. The Labute approximate surface area is 143 Å². The van der Waals surface area contributed by atoms with Gasteiger partial charge in [-0.05, 0) is 37.0 Å². The van der Waals surface area contributed by atoms with Crippen molar-refractivity contribution >= 4 is 0 Å². The van der Waals surface area contributed by atoms with Crippen LogP contribution in [0.5, 0.6) is 11.5 Å². The van der Waals surface area contributed by atoms with Gasteiger partial charge < -0.3 is 14.6 Å². The zero-order chi connectivity index (χ0) is 17.2. The number of hydrogen-bond acceptors (Lipinski definition) is 5. The molecule has 1 saturated heterocycles. The third kappa shape index (κ3) is 2.97. The van der Waals surface area contributed by atoms with E-state index < -0.39 is 5.60 Å². The minimum absolute atomic E-state index is 0.0449. The number of ether oxygens (including phenoxy) is 2. The lowest BCUT2D eigenvalue weighted by Gasteiger charge is -2.52. The molecule has 0 amide bonds. The highest BCUT2D eigenvalue weighted by atomic mass is 16.5. The number of nitriles is 1. The maximum Gasteiger partial charge on any atom is 0.161 e. The second-order valence-corrected chi connectivity index (χ2v) is 6.89. The first-order chi connectivity index (χ1) is 11.6. The van der Waals surface area contributed by atoms with Gasteiger partial charge in [-0.1, -0.05) is 18.9 Å². The number of rotatable bonds is 4. The highest BCUT2D eigenvalue weighted by molar-refractivity contribution is 5.44. The SMILES string of the molecule is COc1ccc([C@H]2[C@@H]3CCCC[C@]3(O)CCN2CC#N)cc1OC. The van der Waals surface area contributed by atoms with Gasteiger partial charge in [-0.25, -0.2) is 0 Å². The number of benzene rings is 1. The fourth-order valence-electron chi connectivity index (χ4n) is 4.49. The van der Waals surface area contributed by atoms with Crippen LogP contribution < -0.4 is 9.47 Å². The maximum absolute atomic E-state index is 11.2. The number of hydrogen-bond donors (Lipinski definition) is 1. The number of methoxy groups -OCH3 is 2. The van der Waals surface area contributed by atoms with E-state index >= 15 is 0 Å². The van der Waals surface area contributed by atoms with Gasteiger partial charge in [-0.2, -0.15) is 5.26 Å². The normalized spacial score (nSPS) is 30.2. The van der Waals surface area contributed by atoms with Crippen LogP contribution in [0, 0.1) is 17.2 Å². The third-order valence-corrected chi connectivity index (χ3v) is 5.69. The summed E-state index contributed by atoms with van der Waals surface area (Å²) in [5, 5.41) is 20.4. The smallest absolute Gasteiger partial charge is 0.161 e. The van der Waals surface area contributed by atoms with Crippen molar-refractivity contribution in [3.8, 4) is 17.6 Å². The second-order valence-electron chi connectivity index (χ2n) is 6.89. The maximum atomic E-state index is 11.2. The van der Waals surface area contributed by atoms with Crippen molar-refractivity contribution in [1.29, 1.82) is 5.26 Å². The molecule has 0 aromatic heterocycles. The first-order valence-electron chi connectivity index (χ1n) is 8.68. The van der Waals surface area contributed by atoms with E-state index in [2.05, 4.69) is 11.0 Å². The van der Waals surface area contributed by atoms with Crippen molar-refractivity contribution in [1.82, 2.24) is 4.90 Å². The Kier molecular flexibility index (Phi) is 4.98. The van der Waals surface area contributed by atoms with E-state index in [1.54, 1.807) is 14.2 Å². The summed E-state index contributed by atoms with van der Waals surface area (Å²) in [4.78, 5) is 2.20. The fourth-order valence-corrected chi connectivity index (χ4v) is 4.49. The monoisotopic (exact) mass is 330 g/mol. The second kappa shape index (κ2) is 7.00. The predicted molar refractivity (Wildman–Crippen MR) is 91.0 cm³/mol. The van der Waals surface area contributed by atoms with Gasteiger partial charge in [0.25, 0.3) is 0 Å². The molecule has 130 valence electrons. The topological polar surface area (TPSA) is 65.7 Å². The van der Waals surface area contributed by atoms with Crippen LogP contribution in [0.2, 0.25) is 0 Å². The van der Waals surface area contributed by atoms with Crippen LogP contribution in [0.15, 0.2) is 18.2 Å². The van der Waals surface area contributed by atoms with Gasteiger partial charge in [0.1, 0.15) is 0 Å². The highest BCUT2D eigenvalue weighted by Gasteiger charge is 2.48. The zero-order valence-electron chi connectivity index (χ0n) is 14.5. The molecule has 1 N–H and O–H groups in total. The molecule has 1 saturated carbocycles. The minimum atomic E-state index is -0.609. The molecule has 0 spiro atoms. The lowest BCUT2D eigenvalue weighted by atomic mass is 9.66. The number of nitrogens with zero attached hydrogens (tertiary/aromatic N) is 2. The molecular formula is C19H26N2O3. The van der Waals surface area contributed by atoms with E-state index in [-0.39, 0.29) is 12.0 Å². The minimum Gasteiger partial charge on any atom is -0.493 e. The van der Waals surface area contributed by atoms with Crippen molar-refractivity contribution in [2.24, 2.45) is 5.92 Å². The number of piperidine rings is 1. The van der Waals surface area contributed by atoms with Crippen LogP contribution >= 0.6 is 0 Å². The molecule has 3 rings (SSSR count). The molecule has 1 aromatic carbocycles. The van der Waals surface area contributed by atoms with Gasteiger partial charge in [-0.3, -0.25) is 4.90 Å². The zero-order valence-corrected chi connectivity index (χ0v) is 14.5. The molecule has 1 aliphatic heterocycles. The first-order valence-corrected chi connectivity index (χ1v) is 8.68. The van der Waals surface area contributed by atoms with Gasteiger partial charge in [0.15, 0.2) is 11.5 Å². The van der Waals surface area contributed by atoms with E-state index in [0.717, 1.165) is 44.2 Å². The Morgan fingerprint density at radius 3 is 2.75 bits per heavy atom. The summed E-state index contributed by atoms with van der Waals surface area (Å²) in [5.41, 5.74) is 0.482. The lowest BCUT2D eigenvalue weighted by Crippen LogP contribution is -2.54. The third-order valence-electron chi connectivity index (χ3n) is 5.69. The summed E-state index contributed by atoms with van der Waals surface area (Å²) in [6.07, 6.45) is 4.84. The summed E-state index contributed by atoms with van der Waals surface area (Å²) in [7, 11) is 3.26. The summed E-state index contributed by atoms with van der Waals surface area (Å²) < 4.78 is 10.8. The lowest BCUT2D eigenvalue weighted by molar-refractivity contribution is -0.121. The Morgan fingerprint density at radius 2 is 2.04 bits per heavy atom. The van der Waals surface area contributed by atoms with Crippen molar-refractivity contribution in [2.75, 3.05) is 27.3 Å². The van der Waals surface area contributed by atoms with Crippen LogP contribution in [0.4, 0.5) is 0 Å². The molecule has 24 heavy (non-hydrogen) atoms. The largest absolute Gasteiger partial charge is 0.493 e. The van der Waals surface area contributed by atoms with Crippen molar-refractivity contribution in [2.45, 2.75) is 43.7 Å². The fraction of sp³-hybridized carbons (Fsp3) is 0.632. The molecule has 0 unspecified atom stereocenters. The molecule has 0 radical (unpaired) electrons. The average Bonchev–Trinajstić information content (AvgIpc) is 2.61. The Hall–Kier alpha value is -1.77. The predicted octanol–water partition coefficient (Wildman–Crippen LogP) is 2.90. The molecule has 3 atom stereocenters. The van der Waals surface area contributed by atoms with Crippen LogP contribution in [0.25, 0.3) is 0 Å². The molecular weight excluding hydrogens is 304 g/mol. The standard InChI is InChI=1S/C19H26N2O3/c1-23-16-7-6-14(13-17(16)24-2)18-15-5-3-4-8-19(15,22)9-11-21(18)12-10-20/h6-7,13,15,18,22H,3-5,8-9,11-12H2,1-2H3/t15-,18-,19-/m0/s1. The molecule has 2 fully saturated rings. The van der Waals surface area contributed by atoms with Gasteiger partial charge in [0.05, 0.1) is 32.4 Å². The van der Waals surface area contributed by atoms with Gasteiger partial charge in [0, 0.05) is 18.5 Å². The molecule has 1 heterocycles. The van der Waals surface area contributed by atoms with Crippen LogP contribution in [0.3, 0.4) is 0 Å². The quantitative estimate of drug-likeness (QED) is 0.860. The molecule has 5 heteroatoms.